The molecule has 0 radical (unpaired) electrons. The minimum Gasteiger partial charge on any atom is -0.312 e. The lowest BCUT2D eigenvalue weighted by molar-refractivity contribution is 0.554. The highest BCUT2D eigenvalue weighted by atomic mass is 32.1. The average molecular weight is 240 g/mol. The molecule has 0 unspecified atom stereocenters. The molecular formula is C13H24N2S. The van der Waals surface area contributed by atoms with E-state index in [-0.39, 0.29) is 0 Å². The Balaban J connectivity index is 2.43. The van der Waals surface area contributed by atoms with E-state index >= 15 is 0 Å². The first-order valence-electron chi connectivity index (χ1n) is 6.29. The van der Waals surface area contributed by atoms with Gasteiger partial charge in [0.15, 0.2) is 0 Å². The maximum Gasteiger partial charge on any atom is 0.0931 e. The van der Waals surface area contributed by atoms with E-state index in [2.05, 4.69) is 38.0 Å². The molecule has 0 spiro atoms. The number of nitrogens with one attached hydrogen (secondary N) is 1. The Bertz CT molecular complexity index is 305. The van der Waals surface area contributed by atoms with Crippen LogP contribution in [0.3, 0.4) is 0 Å². The lowest BCUT2D eigenvalue weighted by Gasteiger charge is -2.05. The van der Waals surface area contributed by atoms with Gasteiger partial charge in [-0.3, -0.25) is 0 Å². The smallest absolute Gasteiger partial charge is 0.0931 e. The standard InChI is InChI=1S/C13H24N2S/c1-5-6-7-13-15-11(4)12(16-13)9-14-8-10(2)3/h10,14H,5-9H2,1-4H3. The van der Waals surface area contributed by atoms with Crippen LogP contribution in [0.5, 0.6) is 0 Å². The summed E-state index contributed by atoms with van der Waals surface area (Å²) in [6.07, 6.45) is 3.65. The molecular weight excluding hydrogens is 216 g/mol. The first kappa shape index (κ1) is 13.7. The molecule has 1 aromatic rings. The summed E-state index contributed by atoms with van der Waals surface area (Å²) >= 11 is 1.88. The summed E-state index contributed by atoms with van der Waals surface area (Å²) < 4.78 is 0. The van der Waals surface area contributed by atoms with Gasteiger partial charge in [0.2, 0.25) is 0 Å². The molecule has 0 atom stereocenters. The SMILES string of the molecule is CCCCc1nc(C)c(CNCC(C)C)s1. The maximum atomic E-state index is 4.62. The largest absolute Gasteiger partial charge is 0.312 e. The third-order valence-corrected chi connectivity index (χ3v) is 3.74. The average Bonchev–Trinajstić information content (AvgIpc) is 2.56. The summed E-state index contributed by atoms with van der Waals surface area (Å²) in [5.74, 6) is 0.716. The molecule has 1 heterocycles. The third-order valence-electron chi connectivity index (χ3n) is 2.52. The Morgan fingerprint density at radius 1 is 1.38 bits per heavy atom. The van der Waals surface area contributed by atoms with Crippen molar-refractivity contribution in [2.24, 2.45) is 5.92 Å². The molecule has 1 N–H and O–H groups in total. The van der Waals surface area contributed by atoms with Gasteiger partial charge in [-0.15, -0.1) is 11.3 Å². The van der Waals surface area contributed by atoms with E-state index in [4.69, 9.17) is 0 Å². The summed E-state index contributed by atoms with van der Waals surface area (Å²) in [5, 5.41) is 4.79. The van der Waals surface area contributed by atoms with E-state index in [9.17, 15) is 0 Å². The van der Waals surface area contributed by atoms with Gasteiger partial charge in [0.25, 0.3) is 0 Å². The summed E-state index contributed by atoms with van der Waals surface area (Å²) in [7, 11) is 0. The molecule has 1 aromatic heterocycles. The van der Waals surface area contributed by atoms with Gasteiger partial charge in [0, 0.05) is 11.4 Å². The van der Waals surface area contributed by atoms with Gasteiger partial charge < -0.3 is 5.32 Å². The van der Waals surface area contributed by atoms with Crippen LogP contribution in [0.4, 0.5) is 0 Å². The summed E-state index contributed by atoms with van der Waals surface area (Å²) in [4.78, 5) is 6.03. The molecule has 0 aliphatic rings. The summed E-state index contributed by atoms with van der Waals surface area (Å²) in [6, 6.07) is 0. The van der Waals surface area contributed by atoms with Crippen molar-refractivity contribution in [1.29, 1.82) is 0 Å². The van der Waals surface area contributed by atoms with Crippen LogP contribution in [0.15, 0.2) is 0 Å². The first-order valence-corrected chi connectivity index (χ1v) is 7.11. The van der Waals surface area contributed by atoms with Crippen molar-refractivity contribution in [2.75, 3.05) is 6.54 Å². The van der Waals surface area contributed by atoms with Gasteiger partial charge in [-0.05, 0) is 32.2 Å². The number of thiazole rings is 1. The van der Waals surface area contributed by atoms with Crippen molar-refractivity contribution >= 4 is 11.3 Å². The fraction of sp³-hybridized carbons (Fsp3) is 0.769. The molecule has 2 nitrogen and oxygen atoms in total. The van der Waals surface area contributed by atoms with Crippen LogP contribution < -0.4 is 5.32 Å². The highest BCUT2D eigenvalue weighted by Crippen LogP contribution is 2.19. The van der Waals surface area contributed by atoms with Crippen molar-refractivity contribution < 1.29 is 0 Å². The minimum absolute atomic E-state index is 0.716. The highest BCUT2D eigenvalue weighted by molar-refractivity contribution is 7.11. The normalized spacial score (nSPS) is 11.3. The monoisotopic (exact) mass is 240 g/mol. The number of aromatic nitrogens is 1. The zero-order chi connectivity index (χ0) is 12.0. The van der Waals surface area contributed by atoms with Gasteiger partial charge in [-0.1, -0.05) is 27.2 Å². The van der Waals surface area contributed by atoms with Crippen molar-refractivity contribution in [2.45, 2.75) is 53.5 Å². The molecule has 0 amide bonds. The Labute approximate surface area is 103 Å². The molecule has 0 aliphatic carbocycles. The van der Waals surface area contributed by atoms with Crippen LogP contribution in [0, 0.1) is 12.8 Å². The van der Waals surface area contributed by atoms with Crippen LogP contribution in [0.25, 0.3) is 0 Å². The second kappa shape index (κ2) is 7.02. The van der Waals surface area contributed by atoms with Crippen LogP contribution in [-0.4, -0.2) is 11.5 Å². The number of aryl methyl sites for hydroxylation is 2. The lowest BCUT2D eigenvalue weighted by atomic mass is 10.2. The van der Waals surface area contributed by atoms with Gasteiger partial charge in [-0.25, -0.2) is 4.98 Å². The Hall–Kier alpha value is -0.410. The third kappa shape index (κ3) is 4.62. The topological polar surface area (TPSA) is 24.9 Å². The fourth-order valence-electron chi connectivity index (χ4n) is 1.56. The van der Waals surface area contributed by atoms with E-state index in [1.807, 2.05) is 11.3 Å². The molecule has 3 heteroatoms. The molecule has 0 fully saturated rings. The minimum atomic E-state index is 0.716. The molecule has 0 aromatic carbocycles. The predicted molar refractivity (Wildman–Crippen MR) is 72.0 cm³/mol. The van der Waals surface area contributed by atoms with E-state index in [0.29, 0.717) is 5.92 Å². The second-order valence-corrected chi connectivity index (χ2v) is 5.91. The molecule has 1 rings (SSSR count). The van der Waals surface area contributed by atoms with Gasteiger partial charge in [0.1, 0.15) is 0 Å². The van der Waals surface area contributed by atoms with E-state index in [1.165, 1.54) is 28.4 Å². The predicted octanol–water partition coefficient (Wildman–Crippen LogP) is 3.54. The van der Waals surface area contributed by atoms with Crippen molar-refractivity contribution in [3.8, 4) is 0 Å². The Kier molecular flexibility index (Phi) is 5.99. The van der Waals surface area contributed by atoms with Crippen LogP contribution >= 0.6 is 11.3 Å². The Morgan fingerprint density at radius 3 is 2.75 bits per heavy atom. The molecule has 92 valence electrons. The van der Waals surface area contributed by atoms with Gasteiger partial charge in [-0.2, -0.15) is 0 Å². The molecule has 0 saturated heterocycles. The number of unbranched alkanes of at least 4 members (excludes halogenated alkanes) is 1. The fourth-order valence-corrected chi connectivity index (χ4v) is 2.64. The van der Waals surface area contributed by atoms with Gasteiger partial charge >= 0.3 is 0 Å². The zero-order valence-electron chi connectivity index (χ0n) is 11.0. The second-order valence-electron chi connectivity index (χ2n) is 4.74. The van der Waals surface area contributed by atoms with E-state index in [0.717, 1.165) is 19.5 Å². The van der Waals surface area contributed by atoms with Crippen LogP contribution in [0.2, 0.25) is 0 Å². The maximum absolute atomic E-state index is 4.62. The van der Waals surface area contributed by atoms with Crippen molar-refractivity contribution in [3.63, 3.8) is 0 Å². The zero-order valence-corrected chi connectivity index (χ0v) is 11.8. The van der Waals surface area contributed by atoms with E-state index in [1.54, 1.807) is 0 Å². The number of nitrogens with zero attached hydrogens (tertiary/aromatic N) is 1. The number of hydrogen-bond donors (Lipinski definition) is 1. The number of rotatable bonds is 7. The van der Waals surface area contributed by atoms with Crippen molar-refractivity contribution in [1.82, 2.24) is 10.3 Å². The van der Waals surface area contributed by atoms with Crippen LogP contribution in [0.1, 0.15) is 49.2 Å². The summed E-state index contributed by atoms with van der Waals surface area (Å²) in [6.45, 7) is 10.9. The Morgan fingerprint density at radius 2 is 2.12 bits per heavy atom. The quantitative estimate of drug-likeness (QED) is 0.788. The molecule has 0 bridgehead atoms. The molecule has 0 aliphatic heterocycles. The number of hydrogen-bond acceptors (Lipinski definition) is 3. The summed E-state index contributed by atoms with van der Waals surface area (Å²) in [5.41, 5.74) is 1.22. The first-order chi connectivity index (χ1) is 7.63. The lowest BCUT2D eigenvalue weighted by Crippen LogP contribution is -2.18. The highest BCUT2D eigenvalue weighted by Gasteiger charge is 2.06. The molecule has 0 saturated carbocycles. The van der Waals surface area contributed by atoms with Gasteiger partial charge in [0.05, 0.1) is 10.7 Å². The van der Waals surface area contributed by atoms with E-state index < -0.39 is 0 Å². The van der Waals surface area contributed by atoms with Crippen molar-refractivity contribution in [3.05, 3.63) is 15.6 Å². The molecule has 16 heavy (non-hydrogen) atoms. The van der Waals surface area contributed by atoms with Crippen LogP contribution in [-0.2, 0) is 13.0 Å².